The highest BCUT2D eigenvalue weighted by Crippen LogP contribution is 2.18. The zero-order chi connectivity index (χ0) is 41.3. The molecule has 0 aromatic rings. The van der Waals surface area contributed by atoms with Crippen LogP contribution >= 0.6 is 0 Å². The van der Waals surface area contributed by atoms with Crippen LogP contribution in [0.2, 0.25) is 0 Å². The first-order valence-electron chi connectivity index (χ1n) is 19.7. The van der Waals surface area contributed by atoms with Crippen LogP contribution < -0.4 is 0 Å². The highest BCUT2D eigenvalue weighted by molar-refractivity contribution is 6.00. The molecule has 0 bridgehead atoms. The fourth-order valence-corrected chi connectivity index (χ4v) is 4.81. The Morgan fingerprint density at radius 1 is 0.400 bits per heavy atom. The van der Waals surface area contributed by atoms with Crippen molar-refractivity contribution in [2.24, 2.45) is 0 Å². The van der Waals surface area contributed by atoms with Crippen molar-refractivity contribution in [3.05, 3.63) is 11.5 Å². The lowest BCUT2D eigenvalue weighted by molar-refractivity contribution is -0.260. The van der Waals surface area contributed by atoms with Gasteiger partial charge < -0.3 is 18.9 Å². The zero-order valence-electron chi connectivity index (χ0n) is 33.4. The van der Waals surface area contributed by atoms with Gasteiger partial charge in [0, 0.05) is 32.6 Å². The van der Waals surface area contributed by atoms with Crippen LogP contribution in [0.1, 0.15) is 182 Å². The number of rotatable bonds is 30. The van der Waals surface area contributed by atoms with E-state index in [0.717, 1.165) is 64.2 Å². The third-order valence-corrected chi connectivity index (χ3v) is 7.77. The van der Waals surface area contributed by atoms with Crippen LogP contribution in [0.25, 0.3) is 0 Å². The molecule has 1 unspecified atom stereocenters. The lowest BCUT2D eigenvalue weighted by Crippen LogP contribution is -2.25. The first-order chi connectivity index (χ1) is 26.4. The molecule has 16 nitrogen and oxygen atoms in total. The summed E-state index contributed by atoms with van der Waals surface area (Å²) in [7, 11) is 0. The molecule has 0 aliphatic carbocycles. The van der Waals surface area contributed by atoms with Crippen molar-refractivity contribution >= 4 is 47.8 Å². The minimum Gasteiger partial charge on any atom is -0.425 e. The highest BCUT2D eigenvalue weighted by Gasteiger charge is 2.34. The molecule has 0 fully saturated rings. The van der Waals surface area contributed by atoms with Crippen LogP contribution in [0, 0.1) is 0 Å². The van der Waals surface area contributed by atoms with E-state index in [0.29, 0.717) is 51.4 Å². The third-order valence-electron chi connectivity index (χ3n) is 7.77. The van der Waals surface area contributed by atoms with Gasteiger partial charge >= 0.3 is 47.8 Å². The predicted octanol–water partition coefficient (Wildman–Crippen LogP) is 7.77. The molecule has 0 saturated heterocycles. The quantitative estimate of drug-likeness (QED) is 0.00994. The molecule has 0 aliphatic rings. The number of unbranched alkanes of at least 4 members (excludes halogenated alkanes) is 13. The van der Waals surface area contributed by atoms with Gasteiger partial charge in [0.25, 0.3) is 11.5 Å². The van der Waals surface area contributed by atoms with E-state index in [9.17, 15) is 38.4 Å². The molecule has 0 spiro atoms. The summed E-state index contributed by atoms with van der Waals surface area (Å²) in [5, 5.41) is 0. The summed E-state index contributed by atoms with van der Waals surface area (Å²) in [5.41, 5.74) is 0. The molecule has 55 heavy (non-hydrogen) atoms. The Labute approximate surface area is 324 Å². The van der Waals surface area contributed by atoms with E-state index in [2.05, 4.69) is 19.6 Å². The molecule has 0 heterocycles. The smallest absolute Gasteiger partial charge is 0.425 e. The molecule has 0 N–H and O–H groups in total. The summed E-state index contributed by atoms with van der Waals surface area (Å²) >= 11 is 0. The Kier molecular flexibility index (Phi) is 30.2. The van der Waals surface area contributed by atoms with Gasteiger partial charge in [-0.25, -0.2) is 38.7 Å². The summed E-state index contributed by atoms with van der Waals surface area (Å²) in [6.45, 7) is 8.51. The van der Waals surface area contributed by atoms with Crippen molar-refractivity contribution < 1.29 is 76.9 Å². The highest BCUT2D eigenvalue weighted by atomic mass is 17.2. The van der Waals surface area contributed by atoms with E-state index in [1.54, 1.807) is 13.8 Å². The second-order valence-corrected chi connectivity index (χ2v) is 12.9. The monoisotopic (exact) mass is 786 g/mol. The van der Waals surface area contributed by atoms with Crippen LogP contribution in [-0.4, -0.2) is 54.0 Å². The molecule has 0 aliphatic heterocycles. The number of carbonyl (C=O) groups is 8. The third kappa shape index (κ3) is 27.7. The Morgan fingerprint density at radius 2 is 0.800 bits per heavy atom. The average Bonchev–Trinajstić information content (AvgIpc) is 3.14. The van der Waals surface area contributed by atoms with E-state index in [4.69, 9.17) is 18.9 Å². The van der Waals surface area contributed by atoms with Crippen LogP contribution in [-0.2, 0) is 76.9 Å². The molecule has 1 atom stereocenters. The molecule has 0 amide bonds. The maximum atomic E-state index is 13.0. The van der Waals surface area contributed by atoms with E-state index in [1.165, 1.54) is 6.92 Å². The standard InChI is InChI=1S/C39H62O16/c1-6-10-12-17-21-26-33(44)52-54-38(46)36(50-31(42)24-8-3)37(51-32(43)25-20-11-7-2)39(47)55-53-34(45)27-22-18-15-13-14-16-19-23-28-35(48-29(5)40)49-30(41)9-4/h35H,6-28H2,1-5H3/b37-36-. The van der Waals surface area contributed by atoms with E-state index in [1.807, 2.05) is 13.8 Å². The number of hydrogen-bond donors (Lipinski definition) is 0. The topological polar surface area (TPSA) is 210 Å². The van der Waals surface area contributed by atoms with Gasteiger partial charge in [-0.05, 0) is 32.1 Å². The SMILES string of the molecule is CCCCCCCC(=O)OOC(=O)/C(OC(=O)CCC)=C(/OC(=O)CCCCC)C(=O)OOC(=O)CCCCCCCCCCC(OC(C)=O)OC(=O)CC. The van der Waals surface area contributed by atoms with E-state index >= 15 is 0 Å². The largest absolute Gasteiger partial charge is 0.425 e. The van der Waals surface area contributed by atoms with Gasteiger partial charge in [-0.3, -0.25) is 19.2 Å². The second-order valence-electron chi connectivity index (χ2n) is 12.9. The summed E-state index contributed by atoms with van der Waals surface area (Å²) in [4.78, 5) is 117. The van der Waals surface area contributed by atoms with Gasteiger partial charge in [-0.15, -0.1) is 0 Å². The molecule has 0 aromatic heterocycles. The fraction of sp³-hybridized carbons (Fsp3) is 0.744. The van der Waals surface area contributed by atoms with Crippen LogP contribution in [0.15, 0.2) is 11.5 Å². The van der Waals surface area contributed by atoms with Crippen molar-refractivity contribution in [3.63, 3.8) is 0 Å². The molecule has 0 rings (SSSR count). The maximum absolute atomic E-state index is 13.0. The number of hydrogen-bond acceptors (Lipinski definition) is 16. The van der Waals surface area contributed by atoms with Crippen LogP contribution in [0.4, 0.5) is 0 Å². The minimum absolute atomic E-state index is 0.0657. The van der Waals surface area contributed by atoms with Crippen molar-refractivity contribution in [1.29, 1.82) is 0 Å². The summed E-state index contributed by atoms with van der Waals surface area (Å²) in [6.07, 6.45) is 11.6. The van der Waals surface area contributed by atoms with Gasteiger partial charge in [0.1, 0.15) is 0 Å². The molecule has 0 aromatic carbocycles. The second kappa shape index (κ2) is 32.9. The Bertz CT molecular complexity index is 1220. The molecule has 0 radical (unpaired) electrons. The van der Waals surface area contributed by atoms with Crippen molar-refractivity contribution in [2.45, 2.75) is 189 Å². The Hall–Kier alpha value is -4.50. The van der Waals surface area contributed by atoms with Gasteiger partial charge in [-0.2, -0.15) is 0 Å². The average molecular weight is 787 g/mol. The van der Waals surface area contributed by atoms with Crippen LogP contribution in [0.3, 0.4) is 0 Å². The van der Waals surface area contributed by atoms with Crippen molar-refractivity contribution in [2.75, 3.05) is 0 Å². The van der Waals surface area contributed by atoms with E-state index in [-0.39, 0.29) is 32.1 Å². The minimum atomic E-state index is -1.64. The first-order valence-corrected chi connectivity index (χ1v) is 19.7. The summed E-state index contributed by atoms with van der Waals surface area (Å²) in [6, 6.07) is 0. The Morgan fingerprint density at radius 3 is 1.25 bits per heavy atom. The molecular weight excluding hydrogens is 724 g/mol. The fourth-order valence-electron chi connectivity index (χ4n) is 4.81. The predicted molar refractivity (Wildman–Crippen MR) is 194 cm³/mol. The van der Waals surface area contributed by atoms with Crippen molar-refractivity contribution in [1.82, 2.24) is 0 Å². The van der Waals surface area contributed by atoms with E-state index < -0.39 is 65.6 Å². The summed E-state index contributed by atoms with van der Waals surface area (Å²) in [5.74, 6) is -10.5. The molecular formula is C39H62O16. The molecule has 16 heteroatoms. The van der Waals surface area contributed by atoms with Gasteiger partial charge in [0.05, 0.1) is 12.8 Å². The lowest BCUT2D eigenvalue weighted by Gasteiger charge is -2.17. The first kappa shape index (κ1) is 50.5. The molecule has 314 valence electrons. The lowest BCUT2D eigenvalue weighted by atomic mass is 10.1. The van der Waals surface area contributed by atoms with Crippen LogP contribution in [0.5, 0.6) is 0 Å². The Balaban J connectivity index is 5.19. The van der Waals surface area contributed by atoms with Crippen molar-refractivity contribution in [3.8, 4) is 0 Å². The number of carbonyl (C=O) groups excluding carboxylic acids is 8. The van der Waals surface area contributed by atoms with Gasteiger partial charge in [-0.1, -0.05) is 105 Å². The zero-order valence-corrected chi connectivity index (χ0v) is 33.4. The van der Waals surface area contributed by atoms with Gasteiger partial charge in [0.15, 0.2) is 0 Å². The maximum Gasteiger partial charge on any atom is 0.425 e. The molecule has 0 saturated carbocycles. The van der Waals surface area contributed by atoms with Gasteiger partial charge in [0.2, 0.25) is 6.29 Å². The summed E-state index contributed by atoms with van der Waals surface area (Å²) < 4.78 is 20.3. The number of ether oxygens (including phenoxy) is 4. The number of esters is 4. The normalized spacial score (nSPS) is 11.7.